The minimum absolute atomic E-state index is 0.0562. The van der Waals surface area contributed by atoms with E-state index in [0.717, 1.165) is 38.4 Å². The molecule has 1 amide bonds. The minimum Gasteiger partial charge on any atom is -0.493 e. The van der Waals surface area contributed by atoms with Crippen molar-refractivity contribution < 1.29 is 14.3 Å². The summed E-state index contributed by atoms with van der Waals surface area (Å²) in [5.74, 6) is 2.87. The maximum Gasteiger partial charge on any atom is 0.260 e. The predicted molar refractivity (Wildman–Crippen MR) is 107 cm³/mol. The van der Waals surface area contributed by atoms with Gasteiger partial charge in [0.05, 0.1) is 7.11 Å². The number of rotatable bonds is 7. The average Bonchev–Trinajstić information content (AvgIpc) is 3.22. The predicted octanol–water partition coefficient (Wildman–Crippen LogP) is 3.61. The Bertz CT molecular complexity index is 628. The Morgan fingerprint density at radius 2 is 1.93 bits per heavy atom. The SMILES string of the molecule is COc1cc(CN[C@H]2CCC[C@H](C)[C@H]2C)ccc1OCC(=O)N1CCCC1. The summed E-state index contributed by atoms with van der Waals surface area (Å²) in [6.45, 7) is 7.31. The highest BCUT2D eigenvalue weighted by Crippen LogP contribution is 2.31. The Morgan fingerprint density at radius 1 is 1.15 bits per heavy atom. The van der Waals surface area contributed by atoms with E-state index in [9.17, 15) is 4.79 Å². The molecule has 1 aromatic carbocycles. The molecule has 1 aliphatic carbocycles. The van der Waals surface area contributed by atoms with E-state index in [4.69, 9.17) is 9.47 Å². The molecular formula is C22H34N2O3. The van der Waals surface area contributed by atoms with Crippen LogP contribution >= 0.6 is 0 Å². The maximum atomic E-state index is 12.2. The second kappa shape index (κ2) is 9.45. The molecule has 3 atom stereocenters. The maximum absolute atomic E-state index is 12.2. The first-order valence-corrected chi connectivity index (χ1v) is 10.4. The second-order valence-electron chi connectivity index (χ2n) is 8.12. The molecule has 0 bridgehead atoms. The van der Waals surface area contributed by atoms with E-state index in [0.29, 0.717) is 23.5 Å². The molecule has 5 heteroatoms. The summed E-state index contributed by atoms with van der Waals surface area (Å²) in [5.41, 5.74) is 1.18. The molecule has 27 heavy (non-hydrogen) atoms. The first kappa shape index (κ1) is 20.0. The number of hydrogen-bond acceptors (Lipinski definition) is 4. The highest BCUT2D eigenvalue weighted by atomic mass is 16.5. The van der Waals surface area contributed by atoms with Crippen molar-refractivity contribution in [3.05, 3.63) is 23.8 Å². The van der Waals surface area contributed by atoms with Crippen LogP contribution in [0.1, 0.15) is 51.5 Å². The lowest BCUT2D eigenvalue weighted by Gasteiger charge is -2.34. The van der Waals surface area contributed by atoms with E-state index >= 15 is 0 Å². The molecule has 5 nitrogen and oxygen atoms in total. The van der Waals surface area contributed by atoms with E-state index in [1.807, 2.05) is 17.0 Å². The van der Waals surface area contributed by atoms with Gasteiger partial charge in [-0.1, -0.05) is 32.8 Å². The van der Waals surface area contributed by atoms with Gasteiger partial charge in [0.2, 0.25) is 0 Å². The van der Waals surface area contributed by atoms with Crippen molar-refractivity contribution >= 4 is 5.91 Å². The fourth-order valence-electron chi connectivity index (χ4n) is 4.26. The summed E-state index contributed by atoms with van der Waals surface area (Å²) in [6, 6.07) is 6.57. The molecular weight excluding hydrogens is 340 g/mol. The minimum atomic E-state index is 0.0562. The van der Waals surface area contributed by atoms with Crippen LogP contribution in [0.25, 0.3) is 0 Å². The molecule has 0 spiro atoms. The average molecular weight is 375 g/mol. The van der Waals surface area contributed by atoms with Crippen LogP contribution in [0.4, 0.5) is 0 Å². The topological polar surface area (TPSA) is 50.8 Å². The zero-order valence-corrected chi connectivity index (χ0v) is 17.0. The van der Waals surface area contributed by atoms with Gasteiger partial charge >= 0.3 is 0 Å². The highest BCUT2D eigenvalue weighted by molar-refractivity contribution is 5.78. The summed E-state index contributed by atoms with van der Waals surface area (Å²) in [4.78, 5) is 14.0. The quantitative estimate of drug-likeness (QED) is 0.792. The third-order valence-corrected chi connectivity index (χ3v) is 6.31. The van der Waals surface area contributed by atoms with Crippen LogP contribution < -0.4 is 14.8 Å². The smallest absolute Gasteiger partial charge is 0.260 e. The van der Waals surface area contributed by atoms with E-state index in [2.05, 4.69) is 25.2 Å². The summed E-state index contributed by atoms with van der Waals surface area (Å²) >= 11 is 0. The van der Waals surface area contributed by atoms with Gasteiger partial charge in [-0.3, -0.25) is 4.79 Å². The Balaban J connectivity index is 1.54. The van der Waals surface area contributed by atoms with Crippen LogP contribution in [0.5, 0.6) is 11.5 Å². The lowest BCUT2D eigenvalue weighted by atomic mass is 9.78. The number of likely N-dealkylation sites (tertiary alicyclic amines) is 1. The van der Waals surface area contributed by atoms with Gasteiger partial charge < -0.3 is 19.7 Å². The van der Waals surface area contributed by atoms with Crippen LogP contribution in [0, 0.1) is 11.8 Å². The summed E-state index contributed by atoms with van der Waals surface area (Å²) in [7, 11) is 1.65. The number of amides is 1. The van der Waals surface area contributed by atoms with Crippen molar-refractivity contribution in [2.45, 2.75) is 58.5 Å². The first-order chi connectivity index (χ1) is 13.1. The molecule has 1 aliphatic heterocycles. The molecule has 2 fully saturated rings. The number of nitrogens with one attached hydrogen (secondary N) is 1. The summed E-state index contributed by atoms with van der Waals surface area (Å²) < 4.78 is 11.2. The lowest BCUT2D eigenvalue weighted by molar-refractivity contribution is -0.132. The van der Waals surface area contributed by atoms with Crippen LogP contribution in [-0.2, 0) is 11.3 Å². The van der Waals surface area contributed by atoms with Crippen LogP contribution in [0.3, 0.4) is 0 Å². The molecule has 0 aromatic heterocycles. The van der Waals surface area contributed by atoms with E-state index in [1.165, 1.54) is 24.8 Å². The molecule has 1 heterocycles. The Morgan fingerprint density at radius 3 is 2.67 bits per heavy atom. The van der Waals surface area contributed by atoms with Crippen LogP contribution in [0.2, 0.25) is 0 Å². The zero-order chi connectivity index (χ0) is 19.2. The van der Waals surface area contributed by atoms with Crippen molar-refractivity contribution in [3.8, 4) is 11.5 Å². The van der Waals surface area contributed by atoms with Gasteiger partial charge in [-0.05, 0) is 48.8 Å². The third kappa shape index (κ3) is 5.16. The standard InChI is InChI=1S/C22H34N2O3/c1-16-7-6-8-19(17(16)2)23-14-18-9-10-20(21(13-18)26-3)27-15-22(25)24-11-4-5-12-24/h9-10,13,16-17,19,23H,4-8,11-12,14-15H2,1-3H3/t16-,17+,19-/m0/s1. The Hall–Kier alpha value is -1.75. The van der Waals surface area contributed by atoms with Gasteiger partial charge in [-0.15, -0.1) is 0 Å². The van der Waals surface area contributed by atoms with Gasteiger partial charge in [0.25, 0.3) is 5.91 Å². The summed E-state index contributed by atoms with van der Waals surface area (Å²) in [5, 5.41) is 3.72. The van der Waals surface area contributed by atoms with Crippen molar-refractivity contribution in [3.63, 3.8) is 0 Å². The lowest BCUT2D eigenvalue weighted by Crippen LogP contribution is -2.40. The second-order valence-corrected chi connectivity index (χ2v) is 8.12. The number of carbonyl (C=O) groups is 1. The molecule has 0 radical (unpaired) electrons. The Labute approximate surface area is 163 Å². The van der Waals surface area contributed by atoms with Gasteiger partial charge in [0.15, 0.2) is 18.1 Å². The van der Waals surface area contributed by atoms with Gasteiger partial charge in [0, 0.05) is 25.7 Å². The zero-order valence-electron chi connectivity index (χ0n) is 17.0. The molecule has 1 N–H and O–H groups in total. The molecule has 150 valence electrons. The van der Waals surface area contributed by atoms with Crippen molar-refractivity contribution in [2.24, 2.45) is 11.8 Å². The normalized spacial score (nSPS) is 25.4. The fourth-order valence-corrected chi connectivity index (χ4v) is 4.26. The van der Waals surface area contributed by atoms with Gasteiger partial charge in [0.1, 0.15) is 0 Å². The number of benzene rings is 1. The molecule has 1 aromatic rings. The van der Waals surface area contributed by atoms with E-state index in [-0.39, 0.29) is 12.5 Å². The molecule has 2 aliphatic rings. The van der Waals surface area contributed by atoms with Crippen molar-refractivity contribution in [2.75, 3.05) is 26.8 Å². The molecule has 3 rings (SSSR count). The van der Waals surface area contributed by atoms with Crippen LogP contribution in [0.15, 0.2) is 18.2 Å². The monoisotopic (exact) mass is 374 g/mol. The third-order valence-electron chi connectivity index (χ3n) is 6.31. The van der Waals surface area contributed by atoms with Crippen LogP contribution in [-0.4, -0.2) is 43.7 Å². The van der Waals surface area contributed by atoms with Crippen molar-refractivity contribution in [1.82, 2.24) is 10.2 Å². The first-order valence-electron chi connectivity index (χ1n) is 10.4. The van der Waals surface area contributed by atoms with Gasteiger partial charge in [-0.2, -0.15) is 0 Å². The number of nitrogens with zero attached hydrogens (tertiary/aromatic N) is 1. The van der Waals surface area contributed by atoms with E-state index in [1.54, 1.807) is 7.11 Å². The number of hydrogen-bond donors (Lipinski definition) is 1. The summed E-state index contributed by atoms with van der Waals surface area (Å²) in [6.07, 6.45) is 6.09. The fraction of sp³-hybridized carbons (Fsp3) is 0.682. The number of methoxy groups -OCH3 is 1. The highest BCUT2D eigenvalue weighted by Gasteiger charge is 2.26. The Kier molecular flexibility index (Phi) is 7.00. The number of ether oxygens (including phenoxy) is 2. The van der Waals surface area contributed by atoms with Crippen molar-refractivity contribution in [1.29, 1.82) is 0 Å². The number of carbonyl (C=O) groups excluding carboxylic acids is 1. The van der Waals surface area contributed by atoms with E-state index < -0.39 is 0 Å². The molecule has 1 saturated carbocycles. The van der Waals surface area contributed by atoms with Gasteiger partial charge in [-0.25, -0.2) is 0 Å². The molecule has 0 unspecified atom stereocenters. The molecule has 1 saturated heterocycles. The largest absolute Gasteiger partial charge is 0.493 e.